The van der Waals surface area contributed by atoms with Gasteiger partial charge in [-0.3, -0.25) is 9.69 Å². The predicted molar refractivity (Wildman–Crippen MR) is 89.1 cm³/mol. The number of hydrogen-bond donors (Lipinski definition) is 1. The first kappa shape index (κ1) is 18.3. The lowest BCUT2D eigenvalue weighted by Crippen LogP contribution is -2.39. The molecule has 0 bridgehead atoms. The third-order valence-electron chi connectivity index (χ3n) is 4.53. The summed E-state index contributed by atoms with van der Waals surface area (Å²) >= 11 is 0. The van der Waals surface area contributed by atoms with E-state index in [9.17, 15) is 22.8 Å². The molecule has 6 nitrogen and oxygen atoms in total. The maximum absolute atomic E-state index is 14.5. The molecule has 142 valence electrons. The van der Waals surface area contributed by atoms with Gasteiger partial charge < -0.3 is 15.0 Å². The van der Waals surface area contributed by atoms with Gasteiger partial charge in [-0.1, -0.05) is 0 Å². The van der Waals surface area contributed by atoms with Crippen LogP contribution in [0.4, 0.5) is 29.3 Å². The van der Waals surface area contributed by atoms with E-state index >= 15 is 0 Å². The van der Waals surface area contributed by atoms with Crippen LogP contribution in [0.25, 0.3) is 0 Å². The molecule has 26 heavy (non-hydrogen) atoms. The molecule has 1 N–H and O–H groups in total. The smallest absolute Gasteiger partial charge is 0.414 e. The molecule has 1 unspecified atom stereocenters. The second-order valence-corrected chi connectivity index (χ2v) is 6.53. The fraction of sp³-hybridized carbons (Fsp3) is 0.529. The number of alkyl halides is 2. The molecule has 0 aromatic heterocycles. The van der Waals surface area contributed by atoms with E-state index in [0.29, 0.717) is 5.69 Å². The van der Waals surface area contributed by atoms with E-state index in [1.54, 1.807) is 11.0 Å². The Morgan fingerprint density at radius 1 is 1.35 bits per heavy atom. The van der Waals surface area contributed by atoms with Gasteiger partial charge in [0, 0.05) is 32.9 Å². The molecule has 2 fully saturated rings. The Morgan fingerprint density at radius 3 is 2.65 bits per heavy atom. The zero-order chi connectivity index (χ0) is 18.9. The molecule has 3 rings (SSSR count). The topological polar surface area (TPSA) is 61.9 Å². The average molecular weight is 371 g/mol. The van der Waals surface area contributed by atoms with Gasteiger partial charge in [0.1, 0.15) is 11.9 Å². The summed E-state index contributed by atoms with van der Waals surface area (Å²) in [4.78, 5) is 25.8. The van der Waals surface area contributed by atoms with Crippen molar-refractivity contribution in [2.75, 3.05) is 36.0 Å². The lowest BCUT2D eigenvalue weighted by molar-refractivity contribution is -0.119. The van der Waals surface area contributed by atoms with Gasteiger partial charge in [0.2, 0.25) is 5.91 Å². The molecule has 0 spiro atoms. The minimum Gasteiger partial charge on any atom is -0.442 e. The largest absolute Gasteiger partial charge is 0.442 e. The Labute approximate surface area is 148 Å². The maximum Gasteiger partial charge on any atom is 0.414 e. The quantitative estimate of drug-likeness (QED) is 0.884. The SMILES string of the molecule is CC(=O)NCC1CN(c2ccc(N3CCC(F)(F)CC3)c(F)c2)C(=O)O1. The molecular formula is C17H20F3N3O3. The van der Waals surface area contributed by atoms with E-state index in [4.69, 9.17) is 4.74 Å². The summed E-state index contributed by atoms with van der Waals surface area (Å²) in [6.45, 7) is 1.88. The fourth-order valence-corrected chi connectivity index (χ4v) is 3.09. The van der Waals surface area contributed by atoms with E-state index in [0.717, 1.165) is 0 Å². The zero-order valence-electron chi connectivity index (χ0n) is 14.3. The van der Waals surface area contributed by atoms with Gasteiger partial charge in [-0.25, -0.2) is 18.0 Å². The van der Waals surface area contributed by atoms with Crippen molar-refractivity contribution in [2.45, 2.75) is 31.8 Å². The fourth-order valence-electron chi connectivity index (χ4n) is 3.09. The molecule has 2 amide bonds. The lowest BCUT2D eigenvalue weighted by Gasteiger charge is -2.33. The molecule has 2 heterocycles. The number of rotatable bonds is 4. The molecule has 1 atom stereocenters. The molecule has 0 saturated carbocycles. The number of piperidine rings is 1. The average Bonchev–Trinajstić information content (AvgIpc) is 2.94. The number of hydrogen-bond acceptors (Lipinski definition) is 4. The number of nitrogens with zero attached hydrogens (tertiary/aromatic N) is 2. The predicted octanol–water partition coefficient (Wildman–Crippen LogP) is 2.52. The van der Waals surface area contributed by atoms with Crippen molar-refractivity contribution in [2.24, 2.45) is 0 Å². The van der Waals surface area contributed by atoms with Crippen molar-refractivity contribution < 1.29 is 27.5 Å². The standard InChI is InChI=1S/C17H20F3N3O3/c1-11(24)21-9-13-10-23(16(25)26-13)12-2-3-15(14(18)8-12)22-6-4-17(19,20)5-7-22/h2-3,8,13H,4-7,9-10H2,1H3,(H,21,24). The number of ether oxygens (including phenoxy) is 1. The highest BCUT2D eigenvalue weighted by Crippen LogP contribution is 2.33. The van der Waals surface area contributed by atoms with Crippen LogP contribution in [0.3, 0.4) is 0 Å². The van der Waals surface area contributed by atoms with E-state index in [1.165, 1.54) is 24.0 Å². The highest BCUT2D eigenvalue weighted by atomic mass is 19.3. The molecular weight excluding hydrogens is 351 g/mol. The van der Waals surface area contributed by atoms with Gasteiger partial charge in [-0.05, 0) is 18.2 Å². The van der Waals surface area contributed by atoms with E-state index in [2.05, 4.69) is 5.32 Å². The number of halogens is 3. The number of anilines is 2. The summed E-state index contributed by atoms with van der Waals surface area (Å²) in [6, 6.07) is 4.25. The Kier molecular flexibility index (Phi) is 4.97. The van der Waals surface area contributed by atoms with Gasteiger partial charge in [0.15, 0.2) is 0 Å². The highest BCUT2D eigenvalue weighted by molar-refractivity contribution is 5.90. The van der Waals surface area contributed by atoms with Crippen LogP contribution in [0, 0.1) is 5.82 Å². The number of carbonyl (C=O) groups is 2. The number of benzene rings is 1. The van der Waals surface area contributed by atoms with Crippen molar-refractivity contribution >= 4 is 23.4 Å². The molecule has 9 heteroatoms. The second kappa shape index (κ2) is 7.05. The zero-order valence-corrected chi connectivity index (χ0v) is 14.3. The summed E-state index contributed by atoms with van der Waals surface area (Å²) in [5.41, 5.74) is 0.565. The van der Waals surface area contributed by atoms with Crippen LogP contribution in [0.2, 0.25) is 0 Å². The van der Waals surface area contributed by atoms with E-state index < -0.39 is 23.9 Å². The lowest BCUT2D eigenvalue weighted by atomic mass is 10.1. The second-order valence-electron chi connectivity index (χ2n) is 6.53. The minimum atomic E-state index is -2.70. The van der Waals surface area contributed by atoms with Crippen molar-refractivity contribution in [1.82, 2.24) is 5.32 Å². The minimum absolute atomic E-state index is 0.0772. The van der Waals surface area contributed by atoms with Crippen LogP contribution < -0.4 is 15.1 Å². The van der Waals surface area contributed by atoms with Crippen LogP contribution in [0.1, 0.15) is 19.8 Å². The normalized spacial score (nSPS) is 22.3. The first-order valence-corrected chi connectivity index (χ1v) is 8.40. The number of carbonyl (C=O) groups excluding carboxylic acids is 2. The summed E-state index contributed by atoms with van der Waals surface area (Å²) in [7, 11) is 0. The maximum atomic E-state index is 14.5. The van der Waals surface area contributed by atoms with Gasteiger partial charge >= 0.3 is 6.09 Å². The molecule has 2 saturated heterocycles. The van der Waals surface area contributed by atoms with Crippen molar-refractivity contribution in [1.29, 1.82) is 0 Å². The van der Waals surface area contributed by atoms with Crippen LogP contribution in [0.5, 0.6) is 0 Å². The van der Waals surface area contributed by atoms with Crippen molar-refractivity contribution in [3.8, 4) is 0 Å². The first-order valence-electron chi connectivity index (χ1n) is 8.40. The monoisotopic (exact) mass is 371 g/mol. The Morgan fingerprint density at radius 2 is 2.04 bits per heavy atom. The van der Waals surface area contributed by atoms with Crippen molar-refractivity contribution in [3.05, 3.63) is 24.0 Å². The van der Waals surface area contributed by atoms with Gasteiger partial charge in [0.25, 0.3) is 5.92 Å². The summed E-state index contributed by atoms with van der Waals surface area (Å²) in [6.07, 6.45) is -1.75. The molecule has 2 aliphatic rings. The van der Waals surface area contributed by atoms with Crippen LogP contribution >= 0.6 is 0 Å². The van der Waals surface area contributed by atoms with Crippen LogP contribution in [-0.4, -0.2) is 50.2 Å². The molecule has 0 aliphatic carbocycles. The Balaban J connectivity index is 1.68. The van der Waals surface area contributed by atoms with E-state index in [1.807, 2.05) is 0 Å². The number of cyclic esters (lactones) is 1. The number of amides is 2. The Hall–Kier alpha value is -2.45. The van der Waals surface area contributed by atoms with Gasteiger partial charge in [-0.15, -0.1) is 0 Å². The first-order chi connectivity index (χ1) is 12.2. The third kappa shape index (κ3) is 4.03. The van der Waals surface area contributed by atoms with Crippen LogP contribution in [0.15, 0.2) is 18.2 Å². The summed E-state index contributed by atoms with van der Waals surface area (Å²) in [5.74, 6) is -3.51. The summed E-state index contributed by atoms with van der Waals surface area (Å²) in [5, 5.41) is 2.57. The molecule has 0 radical (unpaired) electrons. The molecule has 1 aromatic carbocycles. The highest BCUT2D eigenvalue weighted by Gasteiger charge is 2.35. The van der Waals surface area contributed by atoms with Crippen LogP contribution in [-0.2, 0) is 9.53 Å². The van der Waals surface area contributed by atoms with E-state index in [-0.39, 0.29) is 50.6 Å². The third-order valence-corrected chi connectivity index (χ3v) is 4.53. The Bertz CT molecular complexity index is 704. The number of nitrogens with one attached hydrogen (secondary N) is 1. The van der Waals surface area contributed by atoms with Gasteiger partial charge in [0.05, 0.1) is 24.5 Å². The summed E-state index contributed by atoms with van der Waals surface area (Å²) < 4.78 is 46.1. The molecule has 1 aromatic rings. The van der Waals surface area contributed by atoms with Crippen molar-refractivity contribution in [3.63, 3.8) is 0 Å². The molecule has 2 aliphatic heterocycles. The van der Waals surface area contributed by atoms with Gasteiger partial charge in [-0.2, -0.15) is 0 Å².